The zero-order valence-corrected chi connectivity index (χ0v) is 13.0. The second-order valence-corrected chi connectivity index (χ2v) is 6.83. The fourth-order valence-electron chi connectivity index (χ4n) is 3.70. The van der Waals surface area contributed by atoms with Crippen molar-refractivity contribution >= 4 is 17.3 Å². The molecule has 2 aliphatic carbocycles. The van der Waals surface area contributed by atoms with E-state index < -0.39 is 0 Å². The summed E-state index contributed by atoms with van der Waals surface area (Å²) in [6.45, 7) is 8.01. The number of fused-ring (bicyclic) bond motifs is 1. The molecule has 3 nitrogen and oxygen atoms in total. The minimum absolute atomic E-state index is 0.0603. The van der Waals surface area contributed by atoms with Gasteiger partial charge in [-0.25, -0.2) is 0 Å². The lowest BCUT2D eigenvalue weighted by molar-refractivity contribution is -0.115. The van der Waals surface area contributed by atoms with Crippen LogP contribution in [0, 0.1) is 17.3 Å². The molecule has 0 radical (unpaired) electrons. The summed E-state index contributed by atoms with van der Waals surface area (Å²) in [6, 6.07) is 7.39. The molecule has 3 rings (SSSR count). The summed E-state index contributed by atoms with van der Waals surface area (Å²) in [5.74, 6) is 1.28. The highest BCUT2D eigenvalue weighted by Gasteiger charge is 2.65. The molecular formula is C18H21NO2. The second kappa shape index (κ2) is 4.55. The average Bonchev–Trinajstić information content (AvgIpc) is 2.79. The van der Waals surface area contributed by atoms with Gasteiger partial charge < -0.3 is 5.32 Å². The summed E-state index contributed by atoms with van der Waals surface area (Å²) in [7, 11) is 0. The van der Waals surface area contributed by atoms with Crippen LogP contribution in [0.1, 0.15) is 44.5 Å². The van der Waals surface area contributed by atoms with Crippen molar-refractivity contribution in [3.63, 3.8) is 0 Å². The molecule has 0 heterocycles. The van der Waals surface area contributed by atoms with Gasteiger partial charge in [-0.05, 0) is 55.4 Å². The average molecular weight is 283 g/mol. The van der Waals surface area contributed by atoms with E-state index in [1.54, 1.807) is 6.92 Å². The van der Waals surface area contributed by atoms with Gasteiger partial charge in [0, 0.05) is 28.9 Å². The van der Waals surface area contributed by atoms with Crippen LogP contribution < -0.4 is 5.32 Å². The van der Waals surface area contributed by atoms with E-state index in [4.69, 9.17) is 0 Å². The van der Waals surface area contributed by atoms with Crippen molar-refractivity contribution in [3.8, 4) is 0 Å². The van der Waals surface area contributed by atoms with E-state index in [1.165, 1.54) is 0 Å². The molecule has 0 unspecified atom stereocenters. The van der Waals surface area contributed by atoms with Crippen LogP contribution in [-0.4, -0.2) is 11.6 Å². The number of anilines is 1. The Morgan fingerprint density at radius 3 is 2.33 bits per heavy atom. The molecule has 21 heavy (non-hydrogen) atoms. The molecule has 110 valence electrons. The summed E-state index contributed by atoms with van der Waals surface area (Å²) >= 11 is 0. The lowest BCUT2D eigenvalue weighted by Crippen LogP contribution is -2.12. The van der Waals surface area contributed by atoms with Gasteiger partial charge in [0.05, 0.1) is 0 Å². The predicted octanol–water partition coefficient (Wildman–Crippen LogP) is 3.82. The van der Waals surface area contributed by atoms with Crippen molar-refractivity contribution in [1.29, 1.82) is 0 Å². The molecule has 0 aliphatic heterocycles. The van der Waals surface area contributed by atoms with Crippen LogP contribution >= 0.6 is 0 Å². The molecule has 2 saturated carbocycles. The number of benzene rings is 1. The first-order valence-corrected chi connectivity index (χ1v) is 7.44. The number of hydrogen-bond acceptors (Lipinski definition) is 3. The van der Waals surface area contributed by atoms with Crippen LogP contribution in [0.3, 0.4) is 0 Å². The van der Waals surface area contributed by atoms with Crippen molar-refractivity contribution in [3.05, 3.63) is 41.1 Å². The SMILES string of the molecule is CC(=O)c1ccc(N/C(C)=C2\C(=O)C[C@@H]3[C@H]2C3(C)C)cc1. The van der Waals surface area contributed by atoms with Crippen molar-refractivity contribution in [2.24, 2.45) is 17.3 Å². The minimum atomic E-state index is 0.0603. The normalized spacial score (nSPS) is 28.1. The van der Waals surface area contributed by atoms with Gasteiger partial charge in [-0.15, -0.1) is 0 Å². The fraction of sp³-hybridized carbons (Fsp3) is 0.444. The van der Waals surface area contributed by atoms with E-state index in [1.807, 2.05) is 31.2 Å². The van der Waals surface area contributed by atoms with Gasteiger partial charge in [0.15, 0.2) is 11.6 Å². The van der Waals surface area contributed by atoms with E-state index in [2.05, 4.69) is 19.2 Å². The summed E-state index contributed by atoms with van der Waals surface area (Å²) in [6.07, 6.45) is 0.690. The highest BCUT2D eigenvalue weighted by Crippen LogP contribution is 2.68. The van der Waals surface area contributed by atoms with Gasteiger partial charge in [-0.1, -0.05) is 13.8 Å². The number of ketones is 2. The quantitative estimate of drug-likeness (QED) is 0.677. The Labute approximate surface area is 125 Å². The molecule has 3 heteroatoms. The third kappa shape index (κ3) is 2.21. The maximum absolute atomic E-state index is 12.1. The van der Waals surface area contributed by atoms with Crippen LogP contribution in [0.2, 0.25) is 0 Å². The molecule has 1 N–H and O–H groups in total. The van der Waals surface area contributed by atoms with Gasteiger partial charge in [-0.2, -0.15) is 0 Å². The van der Waals surface area contributed by atoms with E-state index in [0.717, 1.165) is 17.0 Å². The van der Waals surface area contributed by atoms with Crippen LogP contribution in [-0.2, 0) is 4.79 Å². The van der Waals surface area contributed by atoms with E-state index >= 15 is 0 Å². The monoisotopic (exact) mass is 283 g/mol. The lowest BCUT2D eigenvalue weighted by Gasteiger charge is -2.14. The smallest absolute Gasteiger partial charge is 0.161 e. The topological polar surface area (TPSA) is 46.2 Å². The number of Topliss-reactive ketones (excluding diaryl/α,β-unsaturated/α-hetero) is 2. The summed E-state index contributed by atoms with van der Waals surface area (Å²) in [4.78, 5) is 23.4. The van der Waals surface area contributed by atoms with Crippen LogP contribution in [0.4, 0.5) is 5.69 Å². The standard InChI is InChI=1S/C18H21NO2/c1-10(16-15(21)9-14-17(16)18(14,3)4)19-13-7-5-12(6-8-13)11(2)20/h5-8,14,17,19H,9H2,1-4H3/b16-10+/t14-,17-/m1/s1. The molecule has 2 aliphatic rings. The molecule has 1 aromatic carbocycles. The molecule has 0 spiro atoms. The zero-order valence-electron chi connectivity index (χ0n) is 13.0. The Morgan fingerprint density at radius 1 is 1.19 bits per heavy atom. The zero-order chi connectivity index (χ0) is 15.4. The number of nitrogens with one attached hydrogen (secondary N) is 1. The largest absolute Gasteiger partial charge is 0.359 e. The predicted molar refractivity (Wildman–Crippen MR) is 83.2 cm³/mol. The van der Waals surface area contributed by atoms with Crippen LogP contribution in [0.5, 0.6) is 0 Å². The molecular weight excluding hydrogens is 262 g/mol. The molecule has 0 aromatic heterocycles. The van der Waals surface area contributed by atoms with E-state index in [0.29, 0.717) is 23.8 Å². The van der Waals surface area contributed by atoms with Gasteiger partial charge in [0.25, 0.3) is 0 Å². The minimum Gasteiger partial charge on any atom is -0.359 e. The number of allylic oxidation sites excluding steroid dienone is 2. The number of rotatable bonds is 3. The lowest BCUT2D eigenvalue weighted by atomic mass is 9.95. The molecule has 2 atom stereocenters. The number of carbonyl (C=O) groups excluding carboxylic acids is 2. The van der Waals surface area contributed by atoms with Gasteiger partial charge in [-0.3, -0.25) is 9.59 Å². The van der Waals surface area contributed by atoms with Gasteiger partial charge in [0.1, 0.15) is 0 Å². The summed E-state index contributed by atoms with van der Waals surface area (Å²) in [5.41, 5.74) is 3.81. The van der Waals surface area contributed by atoms with Crippen molar-refractivity contribution < 1.29 is 9.59 Å². The fourth-order valence-corrected chi connectivity index (χ4v) is 3.70. The van der Waals surface area contributed by atoms with Crippen LogP contribution in [0.25, 0.3) is 0 Å². The van der Waals surface area contributed by atoms with E-state index in [-0.39, 0.29) is 17.0 Å². The maximum atomic E-state index is 12.1. The molecule has 2 fully saturated rings. The maximum Gasteiger partial charge on any atom is 0.161 e. The molecule has 1 aromatic rings. The Morgan fingerprint density at radius 2 is 1.81 bits per heavy atom. The first-order chi connectivity index (χ1) is 9.82. The molecule has 0 amide bonds. The molecule has 0 saturated heterocycles. The van der Waals surface area contributed by atoms with Crippen molar-refractivity contribution in [1.82, 2.24) is 0 Å². The van der Waals surface area contributed by atoms with Gasteiger partial charge >= 0.3 is 0 Å². The highest BCUT2D eigenvalue weighted by atomic mass is 16.1. The first kappa shape index (κ1) is 14.1. The summed E-state index contributed by atoms with van der Waals surface area (Å²) < 4.78 is 0. The summed E-state index contributed by atoms with van der Waals surface area (Å²) in [5, 5.41) is 3.32. The van der Waals surface area contributed by atoms with E-state index in [9.17, 15) is 9.59 Å². The Kier molecular flexibility index (Phi) is 3.05. The molecule has 0 bridgehead atoms. The first-order valence-electron chi connectivity index (χ1n) is 7.44. The number of carbonyl (C=O) groups is 2. The Balaban J connectivity index is 1.82. The van der Waals surface area contributed by atoms with Gasteiger partial charge in [0.2, 0.25) is 0 Å². The second-order valence-electron chi connectivity index (χ2n) is 6.83. The Hall–Kier alpha value is -1.90. The number of hydrogen-bond donors (Lipinski definition) is 1. The Bertz CT molecular complexity index is 652. The third-order valence-electron chi connectivity index (χ3n) is 5.09. The van der Waals surface area contributed by atoms with Crippen molar-refractivity contribution in [2.75, 3.05) is 5.32 Å². The third-order valence-corrected chi connectivity index (χ3v) is 5.09. The highest BCUT2D eigenvalue weighted by molar-refractivity contribution is 6.01. The van der Waals surface area contributed by atoms with Crippen molar-refractivity contribution in [2.45, 2.75) is 34.1 Å². The van der Waals surface area contributed by atoms with Crippen LogP contribution in [0.15, 0.2) is 35.5 Å².